The lowest BCUT2D eigenvalue weighted by Crippen LogP contribution is -1.89. The number of aromatic nitrogens is 1. The van der Waals surface area contributed by atoms with Gasteiger partial charge in [-0.3, -0.25) is 4.98 Å². The van der Waals surface area contributed by atoms with Crippen LogP contribution in [0.15, 0.2) is 12.4 Å². The van der Waals surface area contributed by atoms with Gasteiger partial charge in [0.1, 0.15) is 11.6 Å². The molecule has 0 radical (unpaired) electrons. The van der Waals surface area contributed by atoms with Crippen molar-refractivity contribution < 1.29 is 4.74 Å². The molecule has 0 aliphatic heterocycles. The predicted octanol–water partition coefficient (Wildman–Crippen LogP) is 1.62. The Kier molecular flexibility index (Phi) is 2.29. The largest absolute Gasteiger partial charge is 0.494 e. The number of pyridine rings is 1. The summed E-state index contributed by atoms with van der Waals surface area (Å²) >= 11 is 5.64. The molecule has 0 aromatic carbocycles. The monoisotopic (exact) mass is 168 g/mol. The third kappa shape index (κ3) is 1.41. The van der Waals surface area contributed by atoms with Crippen LogP contribution in [0, 0.1) is 11.3 Å². The second-order valence-electron chi connectivity index (χ2n) is 1.81. The molecule has 0 amide bonds. The predicted molar refractivity (Wildman–Crippen MR) is 40.5 cm³/mol. The average Bonchev–Trinajstić information content (AvgIpc) is 2.04. The summed E-state index contributed by atoms with van der Waals surface area (Å²) in [5, 5.41) is 8.90. The van der Waals surface area contributed by atoms with Crippen molar-refractivity contribution in [1.29, 1.82) is 5.26 Å². The Morgan fingerprint density at radius 3 is 2.82 bits per heavy atom. The van der Waals surface area contributed by atoms with E-state index in [0.717, 1.165) is 0 Å². The summed E-state index contributed by atoms with van der Waals surface area (Å²) in [4.78, 5) is 3.76. The van der Waals surface area contributed by atoms with Crippen LogP contribution in [0.2, 0.25) is 5.02 Å². The van der Waals surface area contributed by atoms with E-state index in [4.69, 9.17) is 21.6 Å². The van der Waals surface area contributed by atoms with E-state index in [9.17, 15) is 0 Å². The normalized spacial score (nSPS) is 8.82. The van der Waals surface area contributed by atoms with Crippen LogP contribution in [0.1, 0.15) is 5.56 Å². The van der Waals surface area contributed by atoms with Crippen molar-refractivity contribution in [2.75, 3.05) is 7.11 Å². The standard InChI is InChI=1S/C7H5ClN2O/c1-11-7-4-10-3-6(8)5(7)2-9/h3-4H,1H3. The zero-order chi connectivity index (χ0) is 8.27. The Bertz CT molecular complexity index is 306. The van der Waals surface area contributed by atoms with Crippen LogP contribution >= 0.6 is 11.6 Å². The number of methoxy groups -OCH3 is 1. The number of hydrogen-bond acceptors (Lipinski definition) is 3. The molecule has 0 spiro atoms. The molecule has 0 fully saturated rings. The van der Waals surface area contributed by atoms with Crippen LogP contribution < -0.4 is 4.74 Å². The molecule has 1 aromatic rings. The van der Waals surface area contributed by atoms with Gasteiger partial charge >= 0.3 is 0 Å². The highest BCUT2D eigenvalue weighted by Crippen LogP contribution is 2.22. The fraction of sp³-hybridized carbons (Fsp3) is 0.143. The van der Waals surface area contributed by atoms with Crippen LogP contribution in [-0.2, 0) is 0 Å². The molecule has 0 atom stereocenters. The quantitative estimate of drug-likeness (QED) is 0.640. The van der Waals surface area contributed by atoms with Gasteiger partial charge in [-0.25, -0.2) is 0 Å². The Labute approximate surface area is 69.2 Å². The molecule has 0 bridgehead atoms. The maximum Gasteiger partial charge on any atom is 0.156 e. The lowest BCUT2D eigenvalue weighted by atomic mass is 10.3. The van der Waals surface area contributed by atoms with E-state index in [1.165, 1.54) is 19.5 Å². The molecule has 1 heterocycles. The maximum absolute atomic E-state index is 8.59. The number of nitrogens with zero attached hydrogens (tertiary/aromatic N) is 2. The molecule has 1 aromatic heterocycles. The van der Waals surface area contributed by atoms with E-state index < -0.39 is 0 Å². The third-order valence-electron chi connectivity index (χ3n) is 1.20. The smallest absolute Gasteiger partial charge is 0.156 e. The van der Waals surface area contributed by atoms with Crippen molar-refractivity contribution in [1.82, 2.24) is 4.98 Å². The number of hydrogen-bond donors (Lipinski definition) is 0. The first-order valence-corrected chi connectivity index (χ1v) is 3.25. The molecule has 0 aliphatic carbocycles. The van der Waals surface area contributed by atoms with Gasteiger partial charge < -0.3 is 4.74 Å². The first-order chi connectivity index (χ1) is 5.29. The molecule has 0 saturated carbocycles. The van der Waals surface area contributed by atoms with E-state index in [2.05, 4.69) is 4.98 Å². The van der Waals surface area contributed by atoms with E-state index in [-0.39, 0.29) is 0 Å². The van der Waals surface area contributed by atoms with E-state index in [1.54, 1.807) is 0 Å². The number of ether oxygens (including phenoxy) is 1. The van der Waals surface area contributed by atoms with Gasteiger partial charge in [-0.05, 0) is 0 Å². The molecule has 3 nitrogen and oxygen atoms in total. The lowest BCUT2D eigenvalue weighted by molar-refractivity contribution is 0.411. The van der Waals surface area contributed by atoms with Crippen LogP contribution in [0.25, 0.3) is 0 Å². The molecule has 4 heteroatoms. The van der Waals surface area contributed by atoms with Crippen molar-refractivity contribution >= 4 is 11.6 Å². The topological polar surface area (TPSA) is 45.9 Å². The zero-order valence-corrected chi connectivity index (χ0v) is 6.59. The summed E-state index contributed by atoms with van der Waals surface area (Å²) in [5.74, 6) is 0.403. The van der Waals surface area contributed by atoms with Crippen molar-refractivity contribution in [3.8, 4) is 11.8 Å². The van der Waals surface area contributed by atoms with E-state index in [0.29, 0.717) is 16.3 Å². The van der Waals surface area contributed by atoms with Crippen molar-refractivity contribution in [2.24, 2.45) is 0 Å². The Morgan fingerprint density at radius 1 is 1.64 bits per heavy atom. The SMILES string of the molecule is COc1cncc(Cl)c1C#N. The van der Waals surface area contributed by atoms with Gasteiger partial charge in [0.25, 0.3) is 0 Å². The highest BCUT2D eigenvalue weighted by molar-refractivity contribution is 6.31. The molecule has 0 unspecified atom stereocenters. The molecule has 0 N–H and O–H groups in total. The summed E-state index contributed by atoms with van der Waals surface area (Å²) in [6, 6.07) is 1.92. The first-order valence-electron chi connectivity index (χ1n) is 2.87. The molecule has 0 aliphatic rings. The minimum atomic E-state index is 0.312. The summed E-state index contributed by atoms with van der Waals surface area (Å²) in [5.41, 5.74) is 0.323. The minimum Gasteiger partial charge on any atom is -0.494 e. The highest BCUT2D eigenvalue weighted by atomic mass is 35.5. The molecular weight excluding hydrogens is 164 g/mol. The second kappa shape index (κ2) is 3.22. The summed E-state index contributed by atoms with van der Waals surface area (Å²) < 4.78 is 4.85. The highest BCUT2D eigenvalue weighted by Gasteiger charge is 2.05. The van der Waals surface area contributed by atoms with Gasteiger partial charge in [0, 0.05) is 6.20 Å². The van der Waals surface area contributed by atoms with Crippen LogP contribution in [0.5, 0.6) is 5.75 Å². The van der Waals surface area contributed by atoms with Crippen LogP contribution in [0.4, 0.5) is 0 Å². The Balaban J connectivity index is 3.27. The molecular formula is C7H5ClN2O. The first kappa shape index (κ1) is 7.83. The number of rotatable bonds is 1. The minimum absolute atomic E-state index is 0.312. The molecule has 11 heavy (non-hydrogen) atoms. The number of halogens is 1. The summed E-state index contributed by atoms with van der Waals surface area (Å²) in [7, 11) is 1.47. The summed E-state index contributed by atoms with van der Waals surface area (Å²) in [6.45, 7) is 0. The average molecular weight is 169 g/mol. The zero-order valence-electron chi connectivity index (χ0n) is 5.84. The second-order valence-corrected chi connectivity index (χ2v) is 2.22. The van der Waals surface area contributed by atoms with Gasteiger partial charge in [0.2, 0.25) is 0 Å². The maximum atomic E-state index is 8.59. The van der Waals surface area contributed by atoms with Crippen LogP contribution in [0.3, 0.4) is 0 Å². The fourth-order valence-corrected chi connectivity index (χ4v) is 0.872. The summed E-state index contributed by atoms with van der Waals surface area (Å²) in [6.07, 6.45) is 2.85. The number of nitriles is 1. The molecule has 1 rings (SSSR count). The van der Waals surface area contributed by atoms with Crippen LogP contribution in [-0.4, -0.2) is 12.1 Å². The molecule has 0 saturated heterocycles. The fourth-order valence-electron chi connectivity index (χ4n) is 0.680. The van der Waals surface area contributed by atoms with Crippen molar-refractivity contribution in [3.63, 3.8) is 0 Å². The van der Waals surface area contributed by atoms with Gasteiger partial charge in [0.15, 0.2) is 5.75 Å². The third-order valence-corrected chi connectivity index (χ3v) is 1.48. The van der Waals surface area contributed by atoms with Crippen molar-refractivity contribution in [3.05, 3.63) is 23.0 Å². The van der Waals surface area contributed by atoms with E-state index >= 15 is 0 Å². The lowest BCUT2D eigenvalue weighted by Gasteiger charge is -2.00. The van der Waals surface area contributed by atoms with Gasteiger partial charge in [-0.1, -0.05) is 11.6 Å². The van der Waals surface area contributed by atoms with Crippen molar-refractivity contribution in [2.45, 2.75) is 0 Å². The van der Waals surface area contributed by atoms with Gasteiger partial charge in [-0.2, -0.15) is 5.26 Å². The van der Waals surface area contributed by atoms with Gasteiger partial charge in [-0.15, -0.1) is 0 Å². The van der Waals surface area contributed by atoms with Gasteiger partial charge in [0.05, 0.1) is 18.3 Å². The molecule has 56 valence electrons. The Hall–Kier alpha value is -1.27. The Morgan fingerprint density at radius 2 is 2.36 bits per heavy atom. The van der Waals surface area contributed by atoms with E-state index in [1.807, 2.05) is 6.07 Å².